The molecule has 0 aromatic heterocycles. The van der Waals surface area contributed by atoms with E-state index in [2.05, 4.69) is 0 Å². The molecule has 1 rings (SSSR count). The molecule has 5 nitrogen and oxygen atoms in total. The first-order valence-electron chi connectivity index (χ1n) is 4.11. The third-order valence-electron chi connectivity index (χ3n) is 1.88. The van der Waals surface area contributed by atoms with E-state index in [4.69, 9.17) is 11.0 Å². The fourth-order valence-electron chi connectivity index (χ4n) is 1.06. The quantitative estimate of drug-likeness (QED) is 0.737. The zero-order chi connectivity index (χ0) is 11.6. The van der Waals surface area contributed by atoms with Crippen LogP contribution in [0.4, 0.5) is 5.69 Å². The number of nitrogens with two attached hydrogens (primary N) is 1. The molecule has 1 aromatic carbocycles. The summed E-state index contributed by atoms with van der Waals surface area (Å²) in [7, 11) is -0.762. The summed E-state index contributed by atoms with van der Waals surface area (Å²) < 4.78 is 24.6. The molecule has 6 heteroatoms. The Morgan fingerprint density at radius 1 is 1.40 bits per heavy atom. The maximum atomic E-state index is 11.8. The van der Waals surface area contributed by atoms with Crippen molar-refractivity contribution in [2.24, 2.45) is 0 Å². The smallest absolute Gasteiger partial charge is 0.243 e. The molecule has 0 bridgehead atoms. The van der Waals surface area contributed by atoms with Crippen LogP contribution in [0.2, 0.25) is 0 Å². The van der Waals surface area contributed by atoms with Crippen molar-refractivity contribution in [2.75, 3.05) is 19.8 Å². The molecule has 1 aromatic rings. The lowest BCUT2D eigenvalue weighted by Gasteiger charge is -2.12. The largest absolute Gasteiger partial charge is 0.399 e. The topological polar surface area (TPSA) is 87.2 Å². The summed E-state index contributed by atoms with van der Waals surface area (Å²) >= 11 is 0. The SMILES string of the molecule is CN(C)S(=O)(=O)c1ccc(N)cc1C#N. The Bertz CT molecular complexity index is 515. The molecule has 0 heterocycles. The van der Waals surface area contributed by atoms with E-state index in [-0.39, 0.29) is 10.5 Å². The molecule has 0 aliphatic heterocycles. The minimum Gasteiger partial charge on any atom is -0.399 e. The Balaban J connectivity index is 3.47. The predicted octanol–water partition coefficient (Wildman–Crippen LogP) is 0.391. The van der Waals surface area contributed by atoms with Crippen molar-refractivity contribution in [3.05, 3.63) is 23.8 Å². The van der Waals surface area contributed by atoms with Crippen LogP contribution in [-0.4, -0.2) is 26.8 Å². The van der Waals surface area contributed by atoms with E-state index >= 15 is 0 Å². The van der Waals surface area contributed by atoms with Gasteiger partial charge in [0.15, 0.2) is 0 Å². The highest BCUT2D eigenvalue weighted by molar-refractivity contribution is 7.89. The van der Waals surface area contributed by atoms with Crippen LogP contribution in [-0.2, 0) is 10.0 Å². The molecule has 0 unspecified atom stereocenters. The Kier molecular flexibility index (Phi) is 2.98. The summed E-state index contributed by atoms with van der Waals surface area (Å²) in [5, 5.41) is 8.80. The Hall–Kier alpha value is -1.58. The standard InChI is InChI=1S/C9H11N3O2S/c1-12(2)15(13,14)9-4-3-8(11)5-7(9)6-10/h3-5H,11H2,1-2H3. The molecular formula is C9H11N3O2S. The number of hydrogen-bond donors (Lipinski definition) is 1. The highest BCUT2D eigenvalue weighted by Gasteiger charge is 2.20. The number of anilines is 1. The van der Waals surface area contributed by atoms with Crippen LogP contribution in [0, 0.1) is 11.3 Å². The van der Waals surface area contributed by atoms with Crippen molar-refractivity contribution >= 4 is 15.7 Å². The van der Waals surface area contributed by atoms with Gasteiger partial charge in [0.2, 0.25) is 10.0 Å². The summed E-state index contributed by atoms with van der Waals surface area (Å²) in [5.74, 6) is 0. The van der Waals surface area contributed by atoms with E-state index in [0.717, 1.165) is 4.31 Å². The third kappa shape index (κ3) is 2.09. The van der Waals surface area contributed by atoms with Crippen LogP contribution in [0.3, 0.4) is 0 Å². The van der Waals surface area contributed by atoms with Crippen LogP contribution in [0.15, 0.2) is 23.1 Å². The van der Waals surface area contributed by atoms with Gasteiger partial charge in [-0.3, -0.25) is 0 Å². The Labute approximate surface area is 88.8 Å². The molecule has 0 radical (unpaired) electrons. The Morgan fingerprint density at radius 3 is 2.47 bits per heavy atom. The lowest BCUT2D eigenvalue weighted by atomic mass is 10.2. The summed E-state index contributed by atoms with van der Waals surface area (Å²) in [6.45, 7) is 0. The second-order valence-electron chi connectivity index (χ2n) is 3.15. The van der Waals surface area contributed by atoms with Gasteiger partial charge >= 0.3 is 0 Å². The van der Waals surface area contributed by atoms with Gasteiger partial charge in [-0.1, -0.05) is 0 Å². The fraction of sp³-hybridized carbons (Fsp3) is 0.222. The number of benzene rings is 1. The monoisotopic (exact) mass is 225 g/mol. The van der Waals surface area contributed by atoms with Gasteiger partial charge in [-0.2, -0.15) is 5.26 Å². The van der Waals surface area contributed by atoms with Crippen molar-refractivity contribution in [3.8, 4) is 6.07 Å². The van der Waals surface area contributed by atoms with E-state index in [1.807, 2.05) is 6.07 Å². The molecule has 0 aliphatic rings. The van der Waals surface area contributed by atoms with Crippen molar-refractivity contribution in [3.63, 3.8) is 0 Å². The molecule has 0 spiro atoms. The van der Waals surface area contributed by atoms with Crippen molar-refractivity contribution in [1.29, 1.82) is 5.26 Å². The molecule has 0 aliphatic carbocycles. The summed E-state index contributed by atoms with van der Waals surface area (Å²) in [6, 6.07) is 5.95. The van der Waals surface area contributed by atoms with Gasteiger partial charge in [-0.25, -0.2) is 12.7 Å². The number of rotatable bonds is 2. The average molecular weight is 225 g/mol. The normalized spacial score (nSPS) is 11.3. The van der Waals surface area contributed by atoms with Crippen molar-refractivity contribution in [1.82, 2.24) is 4.31 Å². The molecule has 0 fully saturated rings. The van der Waals surface area contributed by atoms with Gasteiger partial charge in [0.25, 0.3) is 0 Å². The van der Waals surface area contributed by atoms with Crippen LogP contribution in [0.1, 0.15) is 5.56 Å². The van der Waals surface area contributed by atoms with E-state index < -0.39 is 10.0 Å². The first-order chi connectivity index (χ1) is 6.89. The molecule has 80 valence electrons. The molecule has 15 heavy (non-hydrogen) atoms. The van der Waals surface area contributed by atoms with Gasteiger partial charge in [0.1, 0.15) is 11.0 Å². The highest BCUT2D eigenvalue weighted by Crippen LogP contribution is 2.20. The van der Waals surface area contributed by atoms with E-state index in [1.165, 1.54) is 32.3 Å². The predicted molar refractivity (Wildman–Crippen MR) is 56.4 cm³/mol. The molecule has 0 amide bonds. The van der Waals surface area contributed by atoms with E-state index in [1.54, 1.807) is 0 Å². The van der Waals surface area contributed by atoms with Gasteiger partial charge in [0, 0.05) is 19.8 Å². The van der Waals surface area contributed by atoms with Crippen LogP contribution in [0.5, 0.6) is 0 Å². The van der Waals surface area contributed by atoms with Gasteiger partial charge < -0.3 is 5.73 Å². The van der Waals surface area contributed by atoms with Crippen LogP contribution < -0.4 is 5.73 Å². The fourth-order valence-corrected chi connectivity index (χ4v) is 2.07. The lowest BCUT2D eigenvalue weighted by Crippen LogP contribution is -2.23. The van der Waals surface area contributed by atoms with Crippen LogP contribution in [0.25, 0.3) is 0 Å². The lowest BCUT2D eigenvalue weighted by molar-refractivity contribution is 0.520. The molecule has 0 saturated carbocycles. The number of sulfonamides is 1. The molecule has 0 atom stereocenters. The number of nitrogens with zero attached hydrogens (tertiary/aromatic N) is 2. The summed E-state index contributed by atoms with van der Waals surface area (Å²) in [6.07, 6.45) is 0. The minimum absolute atomic E-state index is 0.0239. The van der Waals surface area contributed by atoms with Crippen LogP contribution >= 0.6 is 0 Å². The summed E-state index contributed by atoms with van der Waals surface area (Å²) in [5.41, 5.74) is 5.89. The molecule has 2 N–H and O–H groups in total. The van der Waals surface area contributed by atoms with Gasteiger partial charge in [-0.15, -0.1) is 0 Å². The average Bonchev–Trinajstić information content (AvgIpc) is 2.16. The Morgan fingerprint density at radius 2 is 2.00 bits per heavy atom. The maximum absolute atomic E-state index is 11.8. The first kappa shape index (κ1) is 11.5. The maximum Gasteiger partial charge on any atom is 0.243 e. The molecular weight excluding hydrogens is 214 g/mol. The highest BCUT2D eigenvalue weighted by atomic mass is 32.2. The van der Waals surface area contributed by atoms with E-state index in [0.29, 0.717) is 5.69 Å². The number of nitrogen functional groups attached to an aromatic ring is 1. The second-order valence-corrected chi connectivity index (χ2v) is 5.28. The first-order valence-corrected chi connectivity index (χ1v) is 5.55. The number of nitriles is 1. The van der Waals surface area contributed by atoms with Gasteiger partial charge in [0.05, 0.1) is 5.56 Å². The zero-order valence-electron chi connectivity index (χ0n) is 8.43. The van der Waals surface area contributed by atoms with Crippen molar-refractivity contribution in [2.45, 2.75) is 4.90 Å². The third-order valence-corrected chi connectivity index (χ3v) is 3.76. The van der Waals surface area contributed by atoms with Crippen molar-refractivity contribution < 1.29 is 8.42 Å². The van der Waals surface area contributed by atoms with E-state index in [9.17, 15) is 8.42 Å². The summed E-state index contributed by atoms with van der Waals surface area (Å²) in [4.78, 5) is -0.0239. The molecule has 0 saturated heterocycles. The minimum atomic E-state index is -3.58. The number of hydrogen-bond acceptors (Lipinski definition) is 4. The van der Waals surface area contributed by atoms with Gasteiger partial charge in [-0.05, 0) is 18.2 Å². The second kappa shape index (κ2) is 3.88. The zero-order valence-corrected chi connectivity index (χ0v) is 9.25.